The van der Waals surface area contributed by atoms with Crippen molar-refractivity contribution >= 4 is 16.0 Å². The lowest BCUT2D eigenvalue weighted by Crippen LogP contribution is -2.43. The molecule has 1 heterocycles. The second kappa shape index (κ2) is 4.33. The third-order valence-corrected chi connectivity index (χ3v) is 3.60. The number of hydrogen-bond donors (Lipinski definition) is 0. The second-order valence-corrected chi connectivity index (χ2v) is 7.00. The average Bonchev–Trinajstić information content (AvgIpc) is 2.45. The molecule has 6 heteroatoms. The Kier molecular flexibility index (Phi) is 3.64. The fraction of sp³-hybridized carbons (Fsp3) is 0.900. The van der Waals surface area contributed by atoms with E-state index in [1.807, 2.05) is 0 Å². The minimum atomic E-state index is -3.32. The Morgan fingerprint density at radius 2 is 1.94 bits per heavy atom. The molecule has 0 saturated carbocycles. The molecule has 0 aromatic carbocycles. The van der Waals surface area contributed by atoms with Gasteiger partial charge in [0.15, 0.2) is 0 Å². The van der Waals surface area contributed by atoms with Gasteiger partial charge < -0.3 is 4.74 Å². The van der Waals surface area contributed by atoms with Crippen LogP contribution in [0.1, 0.15) is 33.6 Å². The standard InChI is InChI=1S/C10H19NO4S/c1-10(2,3)15-9(12)8-6-5-7-11(8)16(4,13)14/h8H,5-7H2,1-4H3/t8-/m0/s1. The van der Waals surface area contributed by atoms with E-state index in [9.17, 15) is 13.2 Å². The highest BCUT2D eigenvalue weighted by atomic mass is 32.2. The van der Waals surface area contributed by atoms with Crippen molar-refractivity contribution in [2.45, 2.75) is 45.3 Å². The van der Waals surface area contributed by atoms with Gasteiger partial charge in [0, 0.05) is 6.54 Å². The van der Waals surface area contributed by atoms with Crippen LogP contribution in [0.4, 0.5) is 0 Å². The lowest BCUT2D eigenvalue weighted by atomic mass is 10.2. The highest BCUT2D eigenvalue weighted by Crippen LogP contribution is 2.23. The van der Waals surface area contributed by atoms with E-state index in [-0.39, 0.29) is 0 Å². The minimum Gasteiger partial charge on any atom is -0.459 e. The highest BCUT2D eigenvalue weighted by molar-refractivity contribution is 7.88. The van der Waals surface area contributed by atoms with Crippen molar-refractivity contribution in [1.82, 2.24) is 4.31 Å². The predicted molar refractivity (Wildman–Crippen MR) is 60.4 cm³/mol. The molecule has 0 bridgehead atoms. The van der Waals surface area contributed by atoms with Crippen LogP contribution in [0.3, 0.4) is 0 Å². The molecule has 0 aromatic heterocycles. The number of carbonyl (C=O) groups is 1. The smallest absolute Gasteiger partial charge is 0.324 e. The van der Waals surface area contributed by atoms with Gasteiger partial charge >= 0.3 is 5.97 Å². The van der Waals surface area contributed by atoms with Gasteiger partial charge in [-0.2, -0.15) is 4.31 Å². The molecule has 0 unspecified atom stereocenters. The summed E-state index contributed by atoms with van der Waals surface area (Å²) in [5.41, 5.74) is -0.581. The number of esters is 1. The Hall–Kier alpha value is -0.620. The number of rotatable bonds is 2. The van der Waals surface area contributed by atoms with Gasteiger partial charge in [0.2, 0.25) is 10.0 Å². The number of carbonyl (C=O) groups excluding carboxylic acids is 1. The zero-order valence-electron chi connectivity index (χ0n) is 10.2. The summed E-state index contributed by atoms with van der Waals surface area (Å²) in [7, 11) is -3.32. The lowest BCUT2D eigenvalue weighted by molar-refractivity contribution is -0.158. The maximum absolute atomic E-state index is 11.8. The summed E-state index contributed by atoms with van der Waals surface area (Å²) in [4.78, 5) is 11.8. The van der Waals surface area contributed by atoms with Gasteiger partial charge in [-0.1, -0.05) is 0 Å². The molecule has 5 nitrogen and oxygen atoms in total. The zero-order chi connectivity index (χ0) is 12.6. The SMILES string of the molecule is CC(C)(C)OC(=O)[C@@H]1CCCN1S(C)(=O)=O. The van der Waals surface area contributed by atoms with E-state index < -0.39 is 27.6 Å². The zero-order valence-corrected chi connectivity index (χ0v) is 11.0. The first-order chi connectivity index (χ1) is 7.11. The van der Waals surface area contributed by atoms with Gasteiger partial charge in [0.05, 0.1) is 6.26 Å². The normalized spacial score (nSPS) is 23.4. The van der Waals surface area contributed by atoms with Gasteiger partial charge in [0.1, 0.15) is 11.6 Å². The molecule has 1 rings (SSSR count). The first kappa shape index (κ1) is 13.4. The quantitative estimate of drug-likeness (QED) is 0.678. The first-order valence-electron chi connectivity index (χ1n) is 5.31. The van der Waals surface area contributed by atoms with E-state index in [0.717, 1.165) is 6.26 Å². The molecule has 1 aliphatic rings. The van der Waals surface area contributed by atoms with Crippen LogP contribution in [0.15, 0.2) is 0 Å². The van der Waals surface area contributed by atoms with Crippen molar-refractivity contribution in [3.8, 4) is 0 Å². The van der Waals surface area contributed by atoms with Crippen molar-refractivity contribution in [3.63, 3.8) is 0 Å². The Balaban J connectivity index is 2.77. The monoisotopic (exact) mass is 249 g/mol. The van der Waals surface area contributed by atoms with Crippen LogP contribution in [0.2, 0.25) is 0 Å². The summed E-state index contributed by atoms with van der Waals surface area (Å²) in [6, 6.07) is -0.644. The van der Waals surface area contributed by atoms with Crippen molar-refractivity contribution in [2.24, 2.45) is 0 Å². The van der Waals surface area contributed by atoms with E-state index in [4.69, 9.17) is 4.74 Å². The van der Waals surface area contributed by atoms with Gasteiger partial charge in [0.25, 0.3) is 0 Å². The van der Waals surface area contributed by atoms with Crippen LogP contribution >= 0.6 is 0 Å². The van der Waals surface area contributed by atoms with Crippen molar-refractivity contribution in [3.05, 3.63) is 0 Å². The second-order valence-electron chi connectivity index (χ2n) is 5.07. The third-order valence-electron chi connectivity index (χ3n) is 2.31. The van der Waals surface area contributed by atoms with Gasteiger partial charge in [-0.3, -0.25) is 4.79 Å². The minimum absolute atomic E-state index is 0.405. The molecule has 1 saturated heterocycles. The van der Waals surface area contributed by atoms with Crippen LogP contribution in [-0.4, -0.2) is 43.1 Å². The molecule has 0 N–H and O–H groups in total. The van der Waals surface area contributed by atoms with Crippen LogP contribution in [0.25, 0.3) is 0 Å². The maximum Gasteiger partial charge on any atom is 0.324 e. The average molecular weight is 249 g/mol. The van der Waals surface area contributed by atoms with E-state index in [2.05, 4.69) is 0 Å². The summed E-state index contributed by atoms with van der Waals surface area (Å²) in [6.45, 7) is 5.71. The maximum atomic E-state index is 11.8. The molecule has 0 aliphatic carbocycles. The molecule has 1 fully saturated rings. The molecule has 94 valence electrons. The largest absolute Gasteiger partial charge is 0.459 e. The van der Waals surface area contributed by atoms with E-state index in [1.54, 1.807) is 20.8 Å². The number of sulfonamides is 1. The molecule has 1 atom stereocenters. The molecule has 1 aliphatic heterocycles. The number of nitrogens with zero attached hydrogens (tertiary/aromatic N) is 1. The molecule has 0 spiro atoms. The summed E-state index contributed by atoms with van der Waals surface area (Å²) in [5.74, 6) is -0.449. The summed E-state index contributed by atoms with van der Waals surface area (Å²) in [5, 5.41) is 0. The first-order valence-corrected chi connectivity index (χ1v) is 7.16. The Labute approximate surface area is 96.8 Å². The number of hydrogen-bond acceptors (Lipinski definition) is 4. The predicted octanol–water partition coefficient (Wildman–Crippen LogP) is 0.752. The summed E-state index contributed by atoms with van der Waals surface area (Å²) >= 11 is 0. The van der Waals surface area contributed by atoms with Crippen LogP contribution < -0.4 is 0 Å². The Morgan fingerprint density at radius 1 is 1.38 bits per heavy atom. The summed E-state index contributed by atoms with van der Waals surface area (Å²) in [6.07, 6.45) is 2.37. The lowest BCUT2D eigenvalue weighted by Gasteiger charge is -2.25. The molecule has 0 aromatic rings. The molecular weight excluding hydrogens is 230 g/mol. The van der Waals surface area contributed by atoms with E-state index in [0.29, 0.717) is 19.4 Å². The fourth-order valence-electron chi connectivity index (χ4n) is 1.74. The molecular formula is C10H19NO4S. The van der Waals surface area contributed by atoms with Crippen LogP contribution in [0.5, 0.6) is 0 Å². The third kappa shape index (κ3) is 3.45. The van der Waals surface area contributed by atoms with Crippen molar-refractivity contribution in [1.29, 1.82) is 0 Å². The Morgan fingerprint density at radius 3 is 2.38 bits per heavy atom. The van der Waals surface area contributed by atoms with Gasteiger partial charge in [-0.15, -0.1) is 0 Å². The van der Waals surface area contributed by atoms with Crippen LogP contribution in [0, 0.1) is 0 Å². The van der Waals surface area contributed by atoms with E-state index in [1.165, 1.54) is 4.31 Å². The number of ether oxygens (including phenoxy) is 1. The van der Waals surface area contributed by atoms with Crippen molar-refractivity contribution in [2.75, 3.05) is 12.8 Å². The van der Waals surface area contributed by atoms with Crippen molar-refractivity contribution < 1.29 is 17.9 Å². The van der Waals surface area contributed by atoms with Gasteiger partial charge in [-0.25, -0.2) is 8.42 Å². The van der Waals surface area contributed by atoms with Crippen LogP contribution in [-0.2, 0) is 19.6 Å². The highest BCUT2D eigenvalue weighted by Gasteiger charge is 2.38. The molecule has 0 radical (unpaired) electrons. The molecule has 16 heavy (non-hydrogen) atoms. The fourth-order valence-corrected chi connectivity index (χ4v) is 2.86. The Bertz CT molecular complexity index is 369. The topological polar surface area (TPSA) is 63.7 Å². The van der Waals surface area contributed by atoms with Gasteiger partial charge in [-0.05, 0) is 33.6 Å². The summed E-state index contributed by atoms with van der Waals surface area (Å²) < 4.78 is 29.3. The molecule has 0 amide bonds. The van der Waals surface area contributed by atoms with E-state index >= 15 is 0 Å².